The molecule has 0 unspecified atom stereocenters. The molecule has 0 N–H and O–H groups in total. The second-order valence-electron chi connectivity index (χ2n) is 2.55. The molecule has 0 spiro atoms. The molecule has 0 saturated carbocycles. The first-order valence-electron chi connectivity index (χ1n) is 3.72. The maximum atomic E-state index is 13.3. The van der Waals surface area contributed by atoms with Gasteiger partial charge in [0.2, 0.25) is 0 Å². The van der Waals surface area contributed by atoms with E-state index in [9.17, 15) is 9.18 Å². The number of benzene rings is 1. The lowest BCUT2D eigenvalue weighted by atomic mass is 10.1. The Kier molecular flexibility index (Phi) is 4.07. The second kappa shape index (κ2) is 4.89. The molecule has 14 heavy (non-hydrogen) atoms. The molecule has 5 heteroatoms. The molecule has 1 rings (SSSR count). The third-order valence-corrected chi connectivity index (χ3v) is 3.03. The third-order valence-electron chi connectivity index (χ3n) is 1.69. The van der Waals surface area contributed by atoms with Crippen molar-refractivity contribution in [1.82, 2.24) is 0 Å². The lowest BCUT2D eigenvalue weighted by molar-refractivity contribution is 0.0595. The summed E-state index contributed by atoms with van der Waals surface area (Å²) in [6.45, 7) is 0. The van der Waals surface area contributed by atoms with Gasteiger partial charge in [0.05, 0.1) is 12.7 Å². The highest BCUT2D eigenvalue weighted by Gasteiger charge is 2.14. The fourth-order valence-corrected chi connectivity index (χ4v) is 2.26. The topological polar surface area (TPSA) is 26.3 Å². The fourth-order valence-electron chi connectivity index (χ4n) is 0.963. The predicted molar refractivity (Wildman–Crippen MR) is 58.1 cm³/mol. The van der Waals surface area contributed by atoms with Gasteiger partial charge in [-0.1, -0.05) is 31.9 Å². The van der Waals surface area contributed by atoms with Gasteiger partial charge >= 0.3 is 5.97 Å². The zero-order valence-corrected chi connectivity index (χ0v) is 10.5. The number of alkyl halides is 1. The zero-order valence-electron chi connectivity index (χ0n) is 7.31. The average Bonchev–Trinajstić information content (AvgIpc) is 2.17. The van der Waals surface area contributed by atoms with Gasteiger partial charge in [-0.2, -0.15) is 0 Å². The van der Waals surface area contributed by atoms with Gasteiger partial charge in [0, 0.05) is 9.80 Å². The van der Waals surface area contributed by atoms with Crippen molar-refractivity contribution >= 4 is 37.8 Å². The predicted octanol–water partition coefficient (Wildman–Crippen LogP) is 3.27. The monoisotopic (exact) mass is 324 g/mol. The largest absolute Gasteiger partial charge is 0.465 e. The highest BCUT2D eigenvalue weighted by Crippen LogP contribution is 2.23. The molecule has 0 aromatic heterocycles. The quantitative estimate of drug-likeness (QED) is 0.616. The SMILES string of the molecule is COC(=O)c1cc(CBr)c(Br)cc1F. The minimum atomic E-state index is -0.669. The van der Waals surface area contributed by atoms with E-state index in [1.54, 1.807) is 0 Å². The molecule has 0 atom stereocenters. The number of halogens is 3. The number of esters is 1. The molecule has 0 aliphatic rings. The van der Waals surface area contributed by atoms with E-state index in [-0.39, 0.29) is 5.56 Å². The molecule has 0 amide bonds. The van der Waals surface area contributed by atoms with Crippen molar-refractivity contribution in [2.75, 3.05) is 7.11 Å². The van der Waals surface area contributed by atoms with Crippen LogP contribution in [0.2, 0.25) is 0 Å². The number of methoxy groups -OCH3 is 1. The molecule has 0 saturated heterocycles. The highest BCUT2D eigenvalue weighted by atomic mass is 79.9. The highest BCUT2D eigenvalue weighted by molar-refractivity contribution is 9.10. The molecule has 2 nitrogen and oxygen atoms in total. The van der Waals surface area contributed by atoms with E-state index < -0.39 is 11.8 Å². The Morgan fingerprint density at radius 3 is 2.71 bits per heavy atom. The van der Waals surface area contributed by atoms with E-state index in [1.165, 1.54) is 19.2 Å². The standard InChI is InChI=1S/C9H7Br2FO2/c1-14-9(13)6-2-5(4-10)7(11)3-8(6)12/h2-3H,4H2,1H3. The summed E-state index contributed by atoms with van der Waals surface area (Å²) in [6.07, 6.45) is 0. The van der Waals surface area contributed by atoms with Gasteiger partial charge in [-0.3, -0.25) is 0 Å². The average molecular weight is 326 g/mol. The summed E-state index contributed by atoms with van der Waals surface area (Å²) in [4.78, 5) is 11.1. The van der Waals surface area contributed by atoms with Gasteiger partial charge in [0.25, 0.3) is 0 Å². The Labute approximate surface area is 97.7 Å². The number of hydrogen-bond donors (Lipinski definition) is 0. The van der Waals surface area contributed by atoms with Crippen LogP contribution in [0.1, 0.15) is 15.9 Å². The van der Waals surface area contributed by atoms with Gasteiger partial charge in [0.1, 0.15) is 5.82 Å². The molecule has 0 aliphatic heterocycles. The van der Waals surface area contributed by atoms with E-state index in [2.05, 4.69) is 36.6 Å². The van der Waals surface area contributed by atoms with E-state index >= 15 is 0 Å². The van der Waals surface area contributed by atoms with Crippen molar-refractivity contribution in [3.05, 3.63) is 33.5 Å². The Morgan fingerprint density at radius 1 is 1.57 bits per heavy atom. The molecule has 0 radical (unpaired) electrons. The number of ether oxygens (including phenoxy) is 1. The van der Waals surface area contributed by atoms with Crippen molar-refractivity contribution in [3.8, 4) is 0 Å². The molecule has 1 aromatic rings. The Hall–Kier alpha value is -0.420. The number of carbonyl (C=O) groups excluding carboxylic acids is 1. The van der Waals surface area contributed by atoms with Crippen molar-refractivity contribution in [2.24, 2.45) is 0 Å². The Bertz CT molecular complexity index is 366. The molecule has 0 heterocycles. The molecule has 0 bridgehead atoms. The summed E-state index contributed by atoms with van der Waals surface area (Å²) >= 11 is 6.42. The maximum absolute atomic E-state index is 13.3. The van der Waals surface area contributed by atoms with Crippen LogP contribution >= 0.6 is 31.9 Å². The fraction of sp³-hybridized carbons (Fsp3) is 0.222. The summed E-state index contributed by atoms with van der Waals surface area (Å²) in [5.74, 6) is -1.26. The first-order chi connectivity index (χ1) is 6.60. The van der Waals surface area contributed by atoms with E-state index in [0.29, 0.717) is 9.80 Å². The van der Waals surface area contributed by atoms with Crippen LogP contribution in [-0.4, -0.2) is 13.1 Å². The van der Waals surface area contributed by atoms with Crippen LogP contribution in [-0.2, 0) is 10.1 Å². The van der Waals surface area contributed by atoms with Gasteiger partial charge in [0.15, 0.2) is 0 Å². The summed E-state index contributed by atoms with van der Waals surface area (Å²) in [6, 6.07) is 2.71. The van der Waals surface area contributed by atoms with Gasteiger partial charge in [-0.25, -0.2) is 9.18 Å². The van der Waals surface area contributed by atoms with Crippen molar-refractivity contribution in [2.45, 2.75) is 5.33 Å². The van der Waals surface area contributed by atoms with Crippen molar-refractivity contribution in [1.29, 1.82) is 0 Å². The second-order valence-corrected chi connectivity index (χ2v) is 3.96. The van der Waals surface area contributed by atoms with Gasteiger partial charge in [-0.15, -0.1) is 0 Å². The number of rotatable bonds is 2. The van der Waals surface area contributed by atoms with Crippen LogP contribution in [0.4, 0.5) is 4.39 Å². The number of carbonyl (C=O) groups is 1. The molecule has 0 fully saturated rings. The normalized spacial score (nSPS) is 10.0. The summed E-state index contributed by atoms with van der Waals surface area (Å²) in [5, 5.41) is 0.540. The summed E-state index contributed by atoms with van der Waals surface area (Å²) in [5.41, 5.74) is 0.747. The van der Waals surface area contributed by atoms with E-state index in [0.717, 1.165) is 5.56 Å². The zero-order chi connectivity index (χ0) is 10.7. The first-order valence-corrected chi connectivity index (χ1v) is 5.63. The maximum Gasteiger partial charge on any atom is 0.340 e. The van der Waals surface area contributed by atoms with Crippen molar-refractivity contribution < 1.29 is 13.9 Å². The molecule has 76 valence electrons. The number of hydrogen-bond acceptors (Lipinski definition) is 2. The van der Waals surface area contributed by atoms with Crippen LogP contribution in [0.15, 0.2) is 16.6 Å². The lowest BCUT2D eigenvalue weighted by Gasteiger charge is -2.05. The summed E-state index contributed by atoms with van der Waals surface area (Å²) < 4.78 is 18.3. The van der Waals surface area contributed by atoms with Crippen LogP contribution in [0.25, 0.3) is 0 Å². The Balaban J connectivity index is 3.24. The van der Waals surface area contributed by atoms with E-state index in [1.807, 2.05) is 0 Å². The molecular formula is C9H7Br2FO2. The molecule has 1 aromatic carbocycles. The van der Waals surface area contributed by atoms with Crippen molar-refractivity contribution in [3.63, 3.8) is 0 Å². The molecular weight excluding hydrogens is 319 g/mol. The minimum absolute atomic E-state index is 0.0508. The third kappa shape index (κ3) is 2.33. The molecule has 0 aliphatic carbocycles. The summed E-state index contributed by atoms with van der Waals surface area (Å²) in [7, 11) is 1.22. The van der Waals surface area contributed by atoms with Gasteiger partial charge < -0.3 is 4.74 Å². The van der Waals surface area contributed by atoms with Crippen LogP contribution < -0.4 is 0 Å². The van der Waals surface area contributed by atoms with Crippen LogP contribution in [0.5, 0.6) is 0 Å². The smallest absolute Gasteiger partial charge is 0.340 e. The first kappa shape index (κ1) is 11.7. The minimum Gasteiger partial charge on any atom is -0.465 e. The lowest BCUT2D eigenvalue weighted by Crippen LogP contribution is -2.05. The van der Waals surface area contributed by atoms with Crippen LogP contribution in [0.3, 0.4) is 0 Å². The Morgan fingerprint density at radius 2 is 2.21 bits per heavy atom. The van der Waals surface area contributed by atoms with E-state index in [4.69, 9.17) is 0 Å². The van der Waals surface area contributed by atoms with Crippen LogP contribution in [0, 0.1) is 5.82 Å². The van der Waals surface area contributed by atoms with Gasteiger partial charge in [-0.05, 0) is 17.7 Å².